The van der Waals surface area contributed by atoms with Gasteiger partial charge in [0.2, 0.25) is 0 Å². The van der Waals surface area contributed by atoms with Gasteiger partial charge in [0.25, 0.3) is 0 Å². The number of hydrogen-bond acceptors (Lipinski definition) is 5. The van der Waals surface area contributed by atoms with Crippen molar-refractivity contribution in [2.24, 2.45) is 0 Å². The summed E-state index contributed by atoms with van der Waals surface area (Å²) in [6.45, 7) is 1.64. The monoisotopic (exact) mass is 410 g/mol. The minimum atomic E-state index is 0.329. The molecule has 2 N–H and O–H groups in total. The molecule has 0 saturated carbocycles. The first-order valence-corrected chi connectivity index (χ1v) is 10.2. The molecule has 0 saturated heterocycles. The highest BCUT2D eigenvalue weighted by atomic mass is 16.5. The van der Waals surface area contributed by atoms with Crippen LogP contribution in [-0.2, 0) is 13.0 Å². The molecular weight excluding hydrogens is 388 g/mol. The van der Waals surface area contributed by atoms with Gasteiger partial charge in [-0.25, -0.2) is 0 Å². The Labute approximate surface area is 179 Å². The summed E-state index contributed by atoms with van der Waals surface area (Å²) < 4.78 is 7.53. The van der Waals surface area contributed by atoms with E-state index in [-0.39, 0.29) is 0 Å². The summed E-state index contributed by atoms with van der Waals surface area (Å²) in [5, 5.41) is 16.6. The van der Waals surface area contributed by atoms with Crippen molar-refractivity contribution in [3.8, 4) is 17.4 Å². The summed E-state index contributed by atoms with van der Waals surface area (Å²) in [5.74, 6) is 0.697. The molecule has 0 amide bonds. The van der Waals surface area contributed by atoms with E-state index in [9.17, 15) is 0 Å². The SMILES string of the molecule is c1ccc(-n2nnnc2Oc2cccc(CNCCc3c[nH]c4ccccc34)c2)cc1. The summed E-state index contributed by atoms with van der Waals surface area (Å²) in [7, 11) is 0. The molecule has 5 rings (SSSR count). The van der Waals surface area contributed by atoms with Gasteiger partial charge in [-0.15, -0.1) is 0 Å². The largest absolute Gasteiger partial charge is 0.423 e. The van der Waals surface area contributed by atoms with Gasteiger partial charge in [0.15, 0.2) is 0 Å². The van der Waals surface area contributed by atoms with Crippen LogP contribution in [0.2, 0.25) is 0 Å². The number of aromatic nitrogens is 5. The topological polar surface area (TPSA) is 80.7 Å². The van der Waals surface area contributed by atoms with Gasteiger partial charge in [-0.05, 0) is 64.9 Å². The Kier molecular flexibility index (Phi) is 5.40. The van der Waals surface area contributed by atoms with E-state index in [4.69, 9.17) is 4.74 Å². The zero-order valence-corrected chi connectivity index (χ0v) is 16.9. The van der Waals surface area contributed by atoms with Crippen LogP contribution in [-0.4, -0.2) is 31.7 Å². The number of H-pyrrole nitrogens is 1. The van der Waals surface area contributed by atoms with Crippen molar-refractivity contribution in [1.29, 1.82) is 0 Å². The highest BCUT2D eigenvalue weighted by Crippen LogP contribution is 2.22. The van der Waals surface area contributed by atoms with Crippen LogP contribution in [0.3, 0.4) is 0 Å². The molecule has 0 spiro atoms. The highest BCUT2D eigenvalue weighted by Gasteiger charge is 2.10. The molecule has 0 unspecified atom stereocenters. The molecule has 0 bridgehead atoms. The van der Waals surface area contributed by atoms with E-state index in [1.54, 1.807) is 4.68 Å². The Hall–Kier alpha value is -3.97. The molecule has 0 aliphatic carbocycles. The third kappa shape index (κ3) is 4.31. The Morgan fingerprint density at radius 2 is 1.81 bits per heavy atom. The van der Waals surface area contributed by atoms with E-state index in [1.807, 2.05) is 54.6 Å². The number of tetrazole rings is 1. The molecule has 5 aromatic rings. The van der Waals surface area contributed by atoms with Crippen molar-refractivity contribution >= 4 is 10.9 Å². The fourth-order valence-electron chi connectivity index (χ4n) is 3.59. The molecule has 0 fully saturated rings. The number of benzene rings is 3. The number of fused-ring (bicyclic) bond motifs is 1. The van der Waals surface area contributed by atoms with Crippen LogP contribution in [0.4, 0.5) is 0 Å². The van der Waals surface area contributed by atoms with Gasteiger partial charge in [0.1, 0.15) is 5.75 Å². The van der Waals surface area contributed by atoms with E-state index in [0.29, 0.717) is 11.8 Å². The van der Waals surface area contributed by atoms with Crippen molar-refractivity contribution < 1.29 is 4.74 Å². The first kappa shape index (κ1) is 19.0. The number of hydrogen-bond donors (Lipinski definition) is 2. The van der Waals surface area contributed by atoms with Gasteiger partial charge in [0.05, 0.1) is 5.69 Å². The van der Waals surface area contributed by atoms with Crippen molar-refractivity contribution in [2.45, 2.75) is 13.0 Å². The van der Waals surface area contributed by atoms with Gasteiger partial charge in [-0.3, -0.25) is 0 Å². The normalized spacial score (nSPS) is 11.1. The van der Waals surface area contributed by atoms with Crippen LogP contribution >= 0.6 is 0 Å². The van der Waals surface area contributed by atoms with Gasteiger partial charge in [0, 0.05) is 23.6 Å². The first-order chi connectivity index (χ1) is 15.4. The van der Waals surface area contributed by atoms with Crippen molar-refractivity contribution in [3.05, 3.63) is 96.2 Å². The van der Waals surface area contributed by atoms with E-state index in [2.05, 4.69) is 56.3 Å². The molecule has 2 heterocycles. The quantitative estimate of drug-likeness (QED) is 0.374. The minimum Gasteiger partial charge on any atom is -0.423 e. The lowest BCUT2D eigenvalue weighted by molar-refractivity contribution is 0.426. The molecule has 154 valence electrons. The first-order valence-electron chi connectivity index (χ1n) is 10.2. The lowest BCUT2D eigenvalue weighted by atomic mass is 10.1. The maximum Gasteiger partial charge on any atom is 0.345 e. The lowest BCUT2D eigenvalue weighted by Crippen LogP contribution is -2.16. The molecule has 0 radical (unpaired) electrons. The molecule has 7 heteroatoms. The predicted octanol–water partition coefficient (Wildman–Crippen LogP) is 4.27. The molecule has 0 aliphatic rings. The average molecular weight is 410 g/mol. The van der Waals surface area contributed by atoms with E-state index in [1.165, 1.54) is 16.5 Å². The van der Waals surface area contributed by atoms with Crippen LogP contribution in [0.5, 0.6) is 11.8 Å². The molecule has 7 nitrogen and oxygen atoms in total. The van der Waals surface area contributed by atoms with Crippen molar-refractivity contribution in [2.75, 3.05) is 6.54 Å². The van der Waals surface area contributed by atoms with Crippen LogP contribution in [0.15, 0.2) is 85.1 Å². The zero-order valence-electron chi connectivity index (χ0n) is 16.9. The van der Waals surface area contributed by atoms with Crippen LogP contribution in [0.1, 0.15) is 11.1 Å². The minimum absolute atomic E-state index is 0.329. The Morgan fingerprint density at radius 3 is 2.74 bits per heavy atom. The maximum atomic E-state index is 5.95. The van der Waals surface area contributed by atoms with Crippen LogP contribution in [0, 0.1) is 0 Å². The third-order valence-corrected chi connectivity index (χ3v) is 5.12. The fourth-order valence-corrected chi connectivity index (χ4v) is 3.59. The predicted molar refractivity (Wildman–Crippen MR) is 119 cm³/mol. The Morgan fingerprint density at radius 1 is 0.935 bits per heavy atom. The number of nitrogens with zero attached hydrogens (tertiary/aromatic N) is 4. The Balaban J connectivity index is 1.20. The van der Waals surface area contributed by atoms with Gasteiger partial charge >= 0.3 is 6.01 Å². The smallest absolute Gasteiger partial charge is 0.345 e. The highest BCUT2D eigenvalue weighted by molar-refractivity contribution is 5.83. The van der Waals surface area contributed by atoms with E-state index >= 15 is 0 Å². The average Bonchev–Trinajstić information content (AvgIpc) is 3.45. The standard InChI is InChI=1S/C24H22N6O/c1-2-8-20(9-3-1)30-24(27-28-29-30)31-21-10-6-7-18(15-21)16-25-14-13-19-17-26-23-12-5-4-11-22(19)23/h1-12,15,17,25-26H,13-14,16H2. The number of rotatable bonds is 8. The van der Waals surface area contributed by atoms with E-state index in [0.717, 1.165) is 30.8 Å². The molecule has 31 heavy (non-hydrogen) atoms. The molecule has 0 aliphatic heterocycles. The summed E-state index contributed by atoms with van der Waals surface area (Å²) in [5.41, 5.74) is 4.49. The van der Waals surface area contributed by atoms with Crippen molar-refractivity contribution in [3.63, 3.8) is 0 Å². The molecule has 3 aromatic carbocycles. The Bertz CT molecular complexity index is 1280. The van der Waals surface area contributed by atoms with Crippen LogP contribution in [0.25, 0.3) is 16.6 Å². The number of nitrogens with one attached hydrogen (secondary N) is 2. The van der Waals surface area contributed by atoms with Gasteiger partial charge in [-0.1, -0.05) is 53.6 Å². The second-order valence-electron chi connectivity index (χ2n) is 7.24. The molecule has 2 aromatic heterocycles. The zero-order chi connectivity index (χ0) is 20.9. The summed E-state index contributed by atoms with van der Waals surface area (Å²) in [4.78, 5) is 3.33. The number of aromatic amines is 1. The van der Waals surface area contributed by atoms with Crippen LogP contribution < -0.4 is 10.1 Å². The third-order valence-electron chi connectivity index (χ3n) is 5.12. The maximum absolute atomic E-state index is 5.95. The second-order valence-corrected chi connectivity index (χ2v) is 7.24. The van der Waals surface area contributed by atoms with Gasteiger partial charge in [-0.2, -0.15) is 4.68 Å². The summed E-state index contributed by atoms with van der Waals surface area (Å²) >= 11 is 0. The molecule has 0 atom stereocenters. The van der Waals surface area contributed by atoms with E-state index < -0.39 is 0 Å². The molecular formula is C24H22N6O. The summed E-state index contributed by atoms with van der Waals surface area (Å²) in [6, 6.07) is 26.3. The number of para-hydroxylation sites is 2. The number of ether oxygens (including phenoxy) is 1. The lowest BCUT2D eigenvalue weighted by Gasteiger charge is -2.08. The van der Waals surface area contributed by atoms with Crippen molar-refractivity contribution in [1.82, 2.24) is 30.5 Å². The fraction of sp³-hybridized carbons (Fsp3) is 0.125. The van der Waals surface area contributed by atoms with Gasteiger partial charge < -0.3 is 15.0 Å². The summed E-state index contributed by atoms with van der Waals surface area (Å²) in [6.07, 6.45) is 3.06. The second kappa shape index (κ2) is 8.81.